The summed E-state index contributed by atoms with van der Waals surface area (Å²) in [5.74, 6) is 0. The van der Waals surface area contributed by atoms with Crippen LogP contribution in [0.5, 0.6) is 0 Å². The van der Waals surface area contributed by atoms with Crippen molar-refractivity contribution in [1.82, 2.24) is 4.90 Å². The van der Waals surface area contributed by atoms with Crippen molar-refractivity contribution in [3.63, 3.8) is 0 Å². The molecular weight excluding hydrogens is 164 g/mol. The molecule has 0 spiro atoms. The van der Waals surface area contributed by atoms with E-state index in [1.165, 1.54) is 0 Å². The van der Waals surface area contributed by atoms with Gasteiger partial charge >= 0.3 is 0 Å². The van der Waals surface area contributed by atoms with Gasteiger partial charge in [-0.05, 0) is 6.42 Å². The summed E-state index contributed by atoms with van der Waals surface area (Å²) >= 11 is 0. The van der Waals surface area contributed by atoms with E-state index in [1.807, 2.05) is 6.08 Å². The second kappa shape index (κ2) is 8.19. The van der Waals surface area contributed by atoms with Gasteiger partial charge in [-0.25, -0.2) is 0 Å². The number of hydrogen-bond donors (Lipinski definition) is 3. The summed E-state index contributed by atoms with van der Waals surface area (Å²) in [6.45, 7) is 7.34. The van der Waals surface area contributed by atoms with Crippen LogP contribution in [0.3, 0.4) is 0 Å². The Kier molecular flexibility index (Phi) is 7.93. The molecule has 4 heteroatoms. The predicted octanol–water partition coefficient (Wildman–Crippen LogP) is -0.891. The van der Waals surface area contributed by atoms with Gasteiger partial charge < -0.3 is 17.2 Å². The number of nitrogens with two attached hydrogens (primary N) is 3. The smallest absolute Gasteiger partial charge is 0.0253 e. The summed E-state index contributed by atoms with van der Waals surface area (Å²) in [6, 6.07) is 0.338. The van der Waals surface area contributed by atoms with Gasteiger partial charge in [-0.15, -0.1) is 6.58 Å². The molecule has 78 valence electrons. The first-order chi connectivity index (χ1) is 6.29. The lowest BCUT2D eigenvalue weighted by molar-refractivity contribution is 0.212. The zero-order valence-electron chi connectivity index (χ0n) is 8.28. The van der Waals surface area contributed by atoms with Crippen LogP contribution in [0.15, 0.2) is 12.7 Å². The van der Waals surface area contributed by atoms with Gasteiger partial charge in [-0.1, -0.05) is 6.08 Å². The van der Waals surface area contributed by atoms with Crippen LogP contribution in [0.25, 0.3) is 0 Å². The average molecular weight is 186 g/mol. The molecule has 6 N–H and O–H groups in total. The molecule has 1 unspecified atom stereocenters. The van der Waals surface area contributed by atoms with Crippen molar-refractivity contribution < 1.29 is 0 Å². The molecule has 0 amide bonds. The molecule has 13 heavy (non-hydrogen) atoms. The van der Waals surface area contributed by atoms with Crippen LogP contribution in [0.2, 0.25) is 0 Å². The molecule has 0 rings (SSSR count). The molecule has 4 nitrogen and oxygen atoms in total. The Morgan fingerprint density at radius 1 is 1.15 bits per heavy atom. The number of nitrogens with zero attached hydrogens (tertiary/aromatic N) is 1. The lowest BCUT2D eigenvalue weighted by atomic mass is 10.1. The lowest BCUT2D eigenvalue weighted by Gasteiger charge is -2.29. The van der Waals surface area contributed by atoms with Crippen LogP contribution in [-0.4, -0.2) is 43.7 Å². The van der Waals surface area contributed by atoms with Gasteiger partial charge in [0, 0.05) is 38.8 Å². The van der Waals surface area contributed by atoms with Crippen LogP contribution in [-0.2, 0) is 0 Å². The van der Waals surface area contributed by atoms with E-state index in [0.717, 1.165) is 19.5 Å². The average Bonchev–Trinajstić information content (AvgIpc) is 2.14. The van der Waals surface area contributed by atoms with Gasteiger partial charge in [0.25, 0.3) is 0 Å². The van der Waals surface area contributed by atoms with E-state index in [9.17, 15) is 0 Å². The van der Waals surface area contributed by atoms with Crippen molar-refractivity contribution in [3.05, 3.63) is 12.7 Å². The van der Waals surface area contributed by atoms with Gasteiger partial charge in [0.2, 0.25) is 0 Å². The third-order valence-corrected chi connectivity index (χ3v) is 2.06. The van der Waals surface area contributed by atoms with Crippen molar-refractivity contribution in [2.45, 2.75) is 12.5 Å². The van der Waals surface area contributed by atoms with Crippen LogP contribution in [0.4, 0.5) is 0 Å². The zero-order valence-corrected chi connectivity index (χ0v) is 8.28. The molecule has 0 bridgehead atoms. The highest BCUT2D eigenvalue weighted by molar-refractivity contribution is 4.81. The predicted molar refractivity (Wildman–Crippen MR) is 57.3 cm³/mol. The largest absolute Gasteiger partial charge is 0.329 e. The summed E-state index contributed by atoms with van der Waals surface area (Å²) in [7, 11) is 0. The maximum Gasteiger partial charge on any atom is 0.0253 e. The summed E-state index contributed by atoms with van der Waals surface area (Å²) < 4.78 is 0. The minimum atomic E-state index is 0.338. The van der Waals surface area contributed by atoms with Gasteiger partial charge in [0.05, 0.1) is 0 Å². The van der Waals surface area contributed by atoms with Gasteiger partial charge in [-0.2, -0.15) is 0 Å². The third kappa shape index (κ3) is 5.00. The Hall–Kier alpha value is -0.420. The van der Waals surface area contributed by atoms with E-state index >= 15 is 0 Å². The Labute approximate surface area is 80.7 Å². The first-order valence-corrected chi connectivity index (χ1v) is 4.75. The SMILES string of the molecule is C=CCC(CN)N(CCN)CCN. The molecule has 0 aliphatic rings. The van der Waals surface area contributed by atoms with Crippen molar-refractivity contribution in [1.29, 1.82) is 0 Å². The Bertz CT molecular complexity index is 121. The van der Waals surface area contributed by atoms with E-state index in [-0.39, 0.29) is 0 Å². The molecule has 0 radical (unpaired) electrons. The fourth-order valence-electron chi connectivity index (χ4n) is 1.40. The molecule has 0 fully saturated rings. The van der Waals surface area contributed by atoms with E-state index < -0.39 is 0 Å². The van der Waals surface area contributed by atoms with Gasteiger partial charge in [0.15, 0.2) is 0 Å². The molecule has 0 heterocycles. The van der Waals surface area contributed by atoms with Crippen molar-refractivity contribution in [2.75, 3.05) is 32.7 Å². The Balaban J connectivity index is 4.02. The molecule has 0 saturated carbocycles. The molecule has 0 aliphatic carbocycles. The molecule has 0 aromatic carbocycles. The van der Waals surface area contributed by atoms with Crippen molar-refractivity contribution >= 4 is 0 Å². The quantitative estimate of drug-likeness (QED) is 0.430. The molecule has 1 atom stereocenters. The zero-order chi connectivity index (χ0) is 10.1. The molecule has 0 aromatic rings. The number of rotatable bonds is 8. The normalized spacial score (nSPS) is 13.2. The topological polar surface area (TPSA) is 81.3 Å². The fourth-order valence-corrected chi connectivity index (χ4v) is 1.40. The third-order valence-electron chi connectivity index (χ3n) is 2.06. The standard InChI is InChI=1S/C9H22N4/c1-2-3-9(8-12)13(6-4-10)7-5-11/h2,9H,1,3-8,10-12H2. The molecule has 0 aliphatic heterocycles. The highest BCUT2D eigenvalue weighted by Crippen LogP contribution is 2.02. The van der Waals surface area contributed by atoms with Crippen LogP contribution >= 0.6 is 0 Å². The first-order valence-electron chi connectivity index (χ1n) is 4.75. The Morgan fingerprint density at radius 2 is 1.69 bits per heavy atom. The van der Waals surface area contributed by atoms with Crippen LogP contribution in [0.1, 0.15) is 6.42 Å². The summed E-state index contributed by atoms with van der Waals surface area (Å²) in [6.07, 6.45) is 2.79. The number of hydrogen-bond acceptors (Lipinski definition) is 4. The minimum absolute atomic E-state index is 0.338. The second-order valence-corrected chi connectivity index (χ2v) is 3.03. The maximum atomic E-state index is 5.65. The fraction of sp³-hybridized carbons (Fsp3) is 0.778. The van der Waals surface area contributed by atoms with Crippen molar-refractivity contribution in [3.8, 4) is 0 Å². The van der Waals surface area contributed by atoms with Crippen molar-refractivity contribution in [2.24, 2.45) is 17.2 Å². The highest BCUT2D eigenvalue weighted by Gasteiger charge is 2.13. The summed E-state index contributed by atoms with van der Waals surface area (Å²) in [4.78, 5) is 2.22. The second-order valence-electron chi connectivity index (χ2n) is 3.03. The monoisotopic (exact) mass is 186 g/mol. The minimum Gasteiger partial charge on any atom is -0.329 e. The van der Waals surface area contributed by atoms with E-state index in [4.69, 9.17) is 17.2 Å². The highest BCUT2D eigenvalue weighted by atomic mass is 15.2. The van der Waals surface area contributed by atoms with Crippen LogP contribution < -0.4 is 17.2 Å². The molecule has 0 saturated heterocycles. The van der Waals surface area contributed by atoms with Gasteiger partial charge in [-0.3, -0.25) is 4.90 Å². The molecular formula is C9H22N4. The van der Waals surface area contributed by atoms with E-state index in [0.29, 0.717) is 25.7 Å². The maximum absolute atomic E-state index is 5.65. The lowest BCUT2D eigenvalue weighted by Crippen LogP contribution is -2.45. The summed E-state index contributed by atoms with van der Waals surface area (Å²) in [5, 5.41) is 0. The van der Waals surface area contributed by atoms with Crippen LogP contribution in [0, 0.1) is 0 Å². The molecule has 0 aromatic heterocycles. The Morgan fingerprint density at radius 3 is 2.00 bits per heavy atom. The first kappa shape index (κ1) is 12.6. The van der Waals surface area contributed by atoms with Gasteiger partial charge in [0.1, 0.15) is 0 Å². The summed E-state index contributed by atoms with van der Waals surface area (Å²) in [5.41, 5.74) is 16.6. The van der Waals surface area contributed by atoms with E-state index in [2.05, 4.69) is 11.5 Å². The van der Waals surface area contributed by atoms with E-state index in [1.54, 1.807) is 0 Å².